The van der Waals surface area contributed by atoms with E-state index in [2.05, 4.69) is 25.6 Å². The van der Waals surface area contributed by atoms with E-state index in [4.69, 9.17) is 16.1 Å². The highest BCUT2D eigenvalue weighted by molar-refractivity contribution is 6.30. The molecule has 1 fully saturated rings. The molecule has 0 radical (unpaired) electrons. The Bertz CT molecular complexity index is 817. The molecule has 0 atom stereocenters. The van der Waals surface area contributed by atoms with Gasteiger partial charge in [0.1, 0.15) is 5.76 Å². The van der Waals surface area contributed by atoms with Crippen molar-refractivity contribution in [2.45, 2.75) is 13.5 Å². The first-order valence-corrected chi connectivity index (χ1v) is 9.55. The molecule has 0 aliphatic carbocycles. The molecule has 2 aromatic rings. The van der Waals surface area contributed by atoms with Gasteiger partial charge in [-0.2, -0.15) is 0 Å². The second kappa shape index (κ2) is 9.68. The first-order valence-electron chi connectivity index (χ1n) is 9.17. The van der Waals surface area contributed by atoms with Gasteiger partial charge in [-0.3, -0.25) is 19.4 Å². The van der Waals surface area contributed by atoms with Crippen LogP contribution in [0.15, 0.2) is 34.9 Å². The molecule has 9 heteroatoms. The van der Waals surface area contributed by atoms with Crippen LogP contribution in [0.3, 0.4) is 0 Å². The van der Waals surface area contributed by atoms with Gasteiger partial charge >= 0.3 is 0 Å². The van der Waals surface area contributed by atoms with E-state index in [1.54, 1.807) is 19.1 Å². The summed E-state index contributed by atoms with van der Waals surface area (Å²) in [6.07, 6.45) is 0. The number of hydrogen-bond acceptors (Lipinski definition) is 6. The fourth-order valence-electron chi connectivity index (χ4n) is 3.02. The van der Waals surface area contributed by atoms with Crippen LogP contribution in [-0.2, 0) is 16.1 Å². The van der Waals surface area contributed by atoms with Crippen LogP contribution in [0.1, 0.15) is 11.3 Å². The minimum Gasteiger partial charge on any atom is -0.360 e. The Morgan fingerprint density at radius 1 is 1.11 bits per heavy atom. The highest BCUT2D eigenvalue weighted by Crippen LogP contribution is 2.10. The summed E-state index contributed by atoms with van der Waals surface area (Å²) in [5.74, 6) is 0.934. The zero-order chi connectivity index (χ0) is 19.9. The van der Waals surface area contributed by atoms with E-state index >= 15 is 0 Å². The topological polar surface area (TPSA) is 90.7 Å². The second-order valence-electron chi connectivity index (χ2n) is 6.83. The summed E-state index contributed by atoms with van der Waals surface area (Å²) in [6.45, 7) is 5.80. The summed E-state index contributed by atoms with van der Waals surface area (Å²) < 4.78 is 4.93. The Morgan fingerprint density at radius 3 is 2.39 bits per heavy atom. The fourth-order valence-corrected chi connectivity index (χ4v) is 3.24. The third kappa shape index (κ3) is 6.33. The molecule has 2 amide bonds. The minimum atomic E-state index is -0.124. The molecule has 150 valence electrons. The summed E-state index contributed by atoms with van der Waals surface area (Å²) in [4.78, 5) is 28.4. The van der Waals surface area contributed by atoms with Crippen molar-refractivity contribution in [3.63, 3.8) is 0 Å². The van der Waals surface area contributed by atoms with Gasteiger partial charge in [0.2, 0.25) is 11.8 Å². The first-order chi connectivity index (χ1) is 13.5. The molecule has 3 rings (SSSR count). The molecule has 1 saturated heterocycles. The number of carbonyl (C=O) groups is 2. The lowest BCUT2D eigenvalue weighted by Gasteiger charge is -2.33. The number of carbonyl (C=O) groups excluding carboxylic acids is 2. The monoisotopic (exact) mass is 405 g/mol. The van der Waals surface area contributed by atoms with E-state index in [1.165, 1.54) is 0 Å². The third-order valence-corrected chi connectivity index (χ3v) is 4.71. The number of benzene rings is 1. The number of anilines is 1. The highest BCUT2D eigenvalue weighted by Gasteiger charge is 2.21. The van der Waals surface area contributed by atoms with Gasteiger partial charge < -0.3 is 15.2 Å². The van der Waals surface area contributed by atoms with Crippen molar-refractivity contribution in [2.24, 2.45) is 0 Å². The highest BCUT2D eigenvalue weighted by atomic mass is 35.5. The van der Waals surface area contributed by atoms with Crippen LogP contribution in [-0.4, -0.2) is 66.0 Å². The van der Waals surface area contributed by atoms with E-state index in [9.17, 15) is 9.59 Å². The number of nitrogens with one attached hydrogen (secondary N) is 2. The number of aromatic nitrogens is 1. The van der Waals surface area contributed by atoms with Crippen molar-refractivity contribution in [3.8, 4) is 0 Å². The number of hydrogen-bond donors (Lipinski definition) is 2. The summed E-state index contributed by atoms with van der Waals surface area (Å²) in [7, 11) is 0. The molecular weight excluding hydrogens is 382 g/mol. The Kier molecular flexibility index (Phi) is 7.02. The lowest BCUT2D eigenvalue weighted by atomic mass is 10.2. The number of rotatable bonds is 7. The van der Waals surface area contributed by atoms with Gasteiger partial charge in [0.15, 0.2) is 5.82 Å². The van der Waals surface area contributed by atoms with Crippen molar-refractivity contribution in [1.82, 2.24) is 20.3 Å². The second-order valence-corrected chi connectivity index (χ2v) is 7.27. The maximum Gasteiger partial charge on any atom is 0.239 e. The van der Waals surface area contributed by atoms with Crippen LogP contribution in [0.4, 0.5) is 5.82 Å². The predicted molar refractivity (Wildman–Crippen MR) is 106 cm³/mol. The average Bonchev–Trinajstić information content (AvgIpc) is 3.06. The fraction of sp³-hybridized carbons (Fsp3) is 0.421. The third-order valence-electron chi connectivity index (χ3n) is 4.47. The molecular formula is C19H24ClN5O3. The molecule has 1 aliphatic rings. The Labute approximate surface area is 168 Å². The van der Waals surface area contributed by atoms with Gasteiger partial charge in [-0.05, 0) is 24.6 Å². The van der Waals surface area contributed by atoms with Gasteiger partial charge in [-0.25, -0.2) is 0 Å². The molecule has 0 unspecified atom stereocenters. The van der Waals surface area contributed by atoms with Gasteiger partial charge in [0, 0.05) is 43.8 Å². The van der Waals surface area contributed by atoms with Crippen LogP contribution in [0.5, 0.6) is 0 Å². The number of piperazine rings is 1. The van der Waals surface area contributed by atoms with Crippen LogP contribution >= 0.6 is 11.6 Å². The maximum atomic E-state index is 12.2. The lowest BCUT2D eigenvalue weighted by molar-refractivity contribution is -0.123. The molecule has 0 spiro atoms. The molecule has 8 nitrogen and oxygen atoms in total. The summed E-state index contributed by atoms with van der Waals surface area (Å²) >= 11 is 5.95. The molecule has 2 heterocycles. The summed E-state index contributed by atoms with van der Waals surface area (Å²) in [6, 6.07) is 9.11. The molecule has 1 aromatic carbocycles. The van der Waals surface area contributed by atoms with Crippen LogP contribution in [0, 0.1) is 6.92 Å². The number of nitrogens with zero attached hydrogens (tertiary/aromatic N) is 3. The van der Waals surface area contributed by atoms with E-state index in [-0.39, 0.29) is 11.8 Å². The first kappa shape index (κ1) is 20.3. The van der Waals surface area contributed by atoms with Crippen LogP contribution in [0.2, 0.25) is 5.02 Å². The maximum absolute atomic E-state index is 12.2. The van der Waals surface area contributed by atoms with Crippen LogP contribution < -0.4 is 10.6 Å². The lowest BCUT2D eigenvalue weighted by Crippen LogP contribution is -2.50. The van der Waals surface area contributed by atoms with Crippen molar-refractivity contribution < 1.29 is 14.1 Å². The SMILES string of the molecule is Cc1cc(NC(=O)CN2CCN(CC(=O)NCc3cccc(Cl)c3)CC2)no1. The number of amides is 2. The largest absolute Gasteiger partial charge is 0.360 e. The van der Waals surface area contributed by atoms with Gasteiger partial charge in [-0.1, -0.05) is 28.9 Å². The van der Waals surface area contributed by atoms with Crippen molar-refractivity contribution >= 4 is 29.2 Å². The number of aryl methyl sites for hydroxylation is 1. The molecule has 0 saturated carbocycles. The van der Waals surface area contributed by atoms with E-state index in [0.717, 1.165) is 31.7 Å². The van der Waals surface area contributed by atoms with E-state index in [0.29, 0.717) is 36.2 Å². The standard InChI is InChI=1S/C19H24ClN5O3/c1-14-9-17(23-28-14)22-19(27)13-25-7-5-24(6-8-25)12-18(26)21-11-15-3-2-4-16(20)10-15/h2-4,9-10H,5-8,11-13H2,1H3,(H,21,26)(H,22,23,27). The summed E-state index contributed by atoms with van der Waals surface area (Å²) in [5, 5.41) is 10.0. The normalized spacial score (nSPS) is 15.4. The predicted octanol–water partition coefficient (Wildman–Crippen LogP) is 1.51. The van der Waals surface area contributed by atoms with E-state index in [1.807, 2.05) is 18.2 Å². The Hall–Kier alpha value is -2.42. The molecule has 0 bridgehead atoms. The number of halogens is 1. The van der Waals surface area contributed by atoms with Crippen molar-refractivity contribution in [2.75, 3.05) is 44.6 Å². The van der Waals surface area contributed by atoms with E-state index < -0.39 is 0 Å². The quantitative estimate of drug-likeness (QED) is 0.725. The summed E-state index contributed by atoms with van der Waals surface area (Å²) in [5.41, 5.74) is 0.971. The van der Waals surface area contributed by atoms with Crippen molar-refractivity contribution in [1.29, 1.82) is 0 Å². The molecule has 1 aromatic heterocycles. The minimum absolute atomic E-state index is 0.0208. The zero-order valence-corrected chi connectivity index (χ0v) is 16.5. The van der Waals surface area contributed by atoms with Crippen LogP contribution in [0.25, 0.3) is 0 Å². The van der Waals surface area contributed by atoms with Gasteiger partial charge in [0.25, 0.3) is 0 Å². The van der Waals surface area contributed by atoms with Gasteiger partial charge in [-0.15, -0.1) is 0 Å². The zero-order valence-electron chi connectivity index (χ0n) is 15.8. The molecule has 28 heavy (non-hydrogen) atoms. The Morgan fingerprint density at radius 2 is 1.79 bits per heavy atom. The smallest absolute Gasteiger partial charge is 0.239 e. The molecule has 2 N–H and O–H groups in total. The molecule has 1 aliphatic heterocycles. The van der Waals surface area contributed by atoms with Crippen molar-refractivity contribution in [3.05, 3.63) is 46.7 Å². The van der Waals surface area contributed by atoms with Gasteiger partial charge in [0.05, 0.1) is 13.1 Å². The average molecular weight is 406 g/mol. The Balaban J connectivity index is 1.34.